The Hall–Kier alpha value is -1.57. The molecular weight excluding hydrogens is 259 g/mol. The van der Waals surface area contributed by atoms with Crippen molar-refractivity contribution in [2.45, 2.75) is 33.4 Å². The van der Waals surface area contributed by atoms with E-state index in [2.05, 4.69) is 20.7 Å². The lowest BCUT2D eigenvalue weighted by Gasteiger charge is -2.23. The summed E-state index contributed by atoms with van der Waals surface area (Å²) < 4.78 is 37.8. The number of nitrogens with zero attached hydrogens (tertiary/aromatic N) is 2. The van der Waals surface area contributed by atoms with E-state index in [1.165, 1.54) is 6.07 Å². The Balaban J connectivity index is 2.95. The molecule has 0 radical (unpaired) electrons. The maximum atomic E-state index is 12.6. The van der Waals surface area contributed by atoms with E-state index in [0.717, 1.165) is 6.42 Å². The summed E-state index contributed by atoms with van der Waals surface area (Å²) >= 11 is 0. The van der Waals surface area contributed by atoms with Gasteiger partial charge in [-0.3, -0.25) is 0 Å². The summed E-state index contributed by atoms with van der Waals surface area (Å²) in [5.74, 6) is 3.89. The molecule has 108 valence electrons. The van der Waals surface area contributed by atoms with Gasteiger partial charge in [-0.05, 0) is 11.8 Å². The lowest BCUT2D eigenvalue weighted by Crippen LogP contribution is -2.24. The van der Waals surface area contributed by atoms with Crippen LogP contribution < -0.4 is 16.6 Å². The van der Waals surface area contributed by atoms with E-state index in [1.54, 1.807) is 0 Å². The minimum atomic E-state index is -4.61. The van der Waals surface area contributed by atoms with Gasteiger partial charge < -0.3 is 10.7 Å². The van der Waals surface area contributed by atoms with Crippen molar-refractivity contribution in [3.8, 4) is 0 Å². The van der Waals surface area contributed by atoms with E-state index in [0.29, 0.717) is 6.54 Å². The first-order valence-corrected chi connectivity index (χ1v) is 5.85. The van der Waals surface area contributed by atoms with Crippen LogP contribution in [0.2, 0.25) is 0 Å². The molecule has 0 unspecified atom stereocenters. The van der Waals surface area contributed by atoms with E-state index < -0.39 is 12.0 Å². The molecule has 1 rings (SSSR count). The molecule has 5 nitrogen and oxygen atoms in total. The number of alkyl halides is 3. The summed E-state index contributed by atoms with van der Waals surface area (Å²) in [5, 5.41) is 2.88. The Morgan fingerprint density at radius 3 is 2.26 bits per heavy atom. The largest absolute Gasteiger partial charge is 0.451 e. The number of nitrogens with one attached hydrogen (secondary N) is 2. The van der Waals surface area contributed by atoms with Crippen LogP contribution in [0.1, 0.15) is 33.0 Å². The molecule has 0 aliphatic heterocycles. The number of nitrogen functional groups attached to an aromatic ring is 1. The van der Waals surface area contributed by atoms with Gasteiger partial charge in [0.15, 0.2) is 0 Å². The molecule has 1 aromatic rings. The van der Waals surface area contributed by atoms with Crippen LogP contribution in [0.25, 0.3) is 0 Å². The first-order valence-electron chi connectivity index (χ1n) is 5.85. The Labute approximate surface area is 109 Å². The van der Waals surface area contributed by atoms with Gasteiger partial charge >= 0.3 is 6.18 Å². The maximum Gasteiger partial charge on any atom is 0.451 e. The van der Waals surface area contributed by atoms with Gasteiger partial charge in [0.05, 0.1) is 0 Å². The number of halogens is 3. The zero-order chi connectivity index (χ0) is 14.7. The van der Waals surface area contributed by atoms with E-state index in [1.807, 2.05) is 20.8 Å². The summed E-state index contributed by atoms with van der Waals surface area (Å²) in [6.45, 7) is 6.53. The Kier molecular flexibility index (Phi) is 4.56. The van der Waals surface area contributed by atoms with Crippen LogP contribution in [-0.4, -0.2) is 16.5 Å². The SMILES string of the molecule is CCC(C)(C)CNc1cc(NN)nc(C(F)(F)F)n1. The molecule has 0 bridgehead atoms. The first-order chi connectivity index (χ1) is 8.68. The predicted molar refractivity (Wildman–Crippen MR) is 67.4 cm³/mol. The summed E-state index contributed by atoms with van der Waals surface area (Å²) in [6, 6.07) is 1.33. The molecule has 0 aromatic carbocycles. The van der Waals surface area contributed by atoms with Crippen molar-refractivity contribution in [3.63, 3.8) is 0 Å². The zero-order valence-electron chi connectivity index (χ0n) is 11.1. The van der Waals surface area contributed by atoms with E-state index >= 15 is 0 Å². The van der Waals surface area contributed by atoms with Gasteiger partial charge in [-0.25, -0.2) is 15.8 Å². The predicted octanol–water partition coefficient (Wildman–Crippen LogP) is 2.63. The van der Waals surface area contributed by atoms with E-state index in [-0.39, 0.29) is 17.1 Å². The van der Waals surface area contributed by atoms with Gasteiger partial charge in [-0.2, -0.15) is 13.2 Å². The minimum absolute atomic E-state index is 0.0420. The maximum absolute atomic E-state index is 12.6. The molecule has 0 saturated carbocycles. The Bertz CT molecular complexity index is 431. The number of aromatic nitrogens is 2. The van der Waals surface area contributed by atoms with Crippen molar-refractivity contribution in [1.29, 1.82) is 0 Å². The van der Waals surface area contributed by atoms with Gasteiger partial charge in [-0.1, -0.05) is 20.8 Å². The molecular formula is C11H18F3N5. The second-order valence-electron chi connectivity index (χ2n) is 4.98. The fourth-order valence-electron chi connectivity index (χ4n) is 1.19. The fraction of sp³-hybridized carbons (Fsp3) is 0.636. The number of nitrogens with two attached hydrogens (primary N) is 1. The topological polar surface area (TPSA) is 75.9 Å². The normalized spacial score (nSPS) is 12.4. The van der Waals surface area contributed by atoms with Crippen LogP contribution >= 0.6 is 0 Å². The molecule has 8 heteroatoms. The second-order valence-corrected chi connectivity index (χ2v) is 4.98. The molecule has 0 atom stereocenters. The number of hydrogen-bond acceptors (Lipinski definition) is 5. The molecule has 4 N–H and O–H groups in total. The highest BCUT2D eigenvalue weighted by molar-refractivity contribution is 5.47. The van der Waals surface area contributed by atoms with Crippen LogP contribution in [0.5, 0.6) is 0 Å². The second kappa shape index (κ2) is 5.60. The Morgan fingerprint density at radius 2 is 1.79 bits per heavy atom. The molecule has 0 aliphatic carbocycles. The number of hydrogen-bond donors (Lipinski definition) is 3. The first kappa shape index (κ1) is 15.5. The van der Waals surface area contributed by atoms with Crippen molar-refractivity contribution < 1.29 is 13.2 Å². The lowest BCUT2D eigenvalue weighted by atomic mass is 9.90. The fourth-order valence-corrected chi connectivity index (χ4v) is 1.19. The highest BCUT2D eigenvalue weighted by Crippen LogP contribution is 2.28. The minimum Gasteiger partial charge on any atom is -0.369 e. The summed E-state index contributed by atoms with van der Waals surface area (Å²) in [6.07, 6.45) is -3.72. The van der Waals surface area contributed by atoms with Crippen LogP contribution in [0.15, 0.2) is 6.07 Å². The number of anilines is 2. The number of hydrazine groups is 1. The smallest absolute Gasteiger partial charge is 0.369 e. The molecule has 0 amide bonds. The monoisotopic (exact) mass is 277 g/mol. The standard InChI is InChI=1S/C11H18F3N5/c1-4-10(2,3)6-16-7-5-8(19-15)18-9(17-7)11(12,13)14/h5H,4,6,15H2,1-3H3,(H2,16,17,18,19). The van der Waals surface area contributed by atoms with Crippen molar-refractivity contribution in [3.05, 3.63) is 11.9 Å². The average molecular weight is 277 g/mol. The Morgan fingerprint density at radius 1 is 1.21 bits per heavy atom. The van der Waals surface area contributed by atoms with Gasteiger partial charge in [0, 0.05) is 12.6 Å². The summed E-state index contributed by atoms with van der Waals surface area (Å²) in [7, 11) is 0. The van der Waals surface area contributed by atoms with Crippen LogP contribution in [0, 0.1) is 5.41 Å². The van der Waals surface area contributed by atoms with Gasteiger partial charge in [0.25, 0.3) is 0 Å². The van der Waals surface area contributed by atoms with Crippen molar-refractivity contribution in [2.24, 2.45) is 11.3 Å². The highest BCUT2D eigenvalue weighted by atomic mass is 19.4. The van der Waals surface area contributed by atoms with Crippen LogP contribution in [0.4, 0.5) is 24.8 Å². The third-order valence-corrected chi connectivity index (χ3v) is 2.83. The third-order valence-electron chi connectivity index (χ3n) is 2.83. The summed E-state index contributed by atoms with van der Waals surface area (Å²) in [5.41, 5.74) is 2.06. The molecule has 0 spiro atoms. The average Bonchev–Trinajstić information content (AvgIpc) is 2.35. The van der Waals surface area contributed by atoms with E-state index in [9.17, 15) is 13.2 Å². The van der Waals surface area contributed by atoms with Crippen LogP contribution in [0.3, 0.4) is 0 Å². The van der Waals surface area contributed by atoms with Crippen molar-refractivity contribution in [2.75, 3.05) is 17.3 Å². The number of rotatable bonds is 5. The highest BCUT2D eigenvalue weighted by Gasteiger charge is 2.35. The molecule has 1 aromatic heterocycles. The molecule has 0 fully saturated rings. The zero-order valence-corrected chi connectivity index (χ0v) is 11.1. The lowest BCUT2D eigenvalue weighted by molar-refractivity contribution is -0.144. The van der Waals surface area contributed by atoms with E-state index in [4.69, 9.17) is 5.84 Å². The third kappa shape index (κ3) is 4.55. The molecule has 0 aliphatic rings. The van der Waals surface area contributed by atoms with Crippen LogP contribution in [-0.2, 0) is 6.18 Å². The van der Waals surface area contributed by atoms with Crippen molar-refractivity contribution in [1.82, 2.24) is 9.97 Å². The molecule has 0 saturated heterocycles. The van der Waals surface area contributed by atoms with Gasteiger partial charge in [0.2, 0.25) is 5.82 Å². The molecule has 1 heterocycles. The summed E-state index contributed by atoms with van der Waals surface area (Å²) in [4.78, 5) is 6.72. The van der Waals surface area contributed by atoms with Gasteiger partial charge in [0.1, 0.15) is 11.6 Å². The molecule has 19 heavy (non-hydrogen) atoms. The van der Waals surface area contributed by atoms with Crippen molar-refractivity contribution >= 4 is 11.6 Å². The van der Waals surface area contributed by atoms with Gasteiger partial charge in [-0.15, -0.1) is 0 Å². The quantitative estimate of drug-likeness (QED) is 0.570.